The van der Waals surface area contributed by atoms with Crippen molar-refractivity contribution < 1.29 is 13.9 Å². The number of halogens is 1. The van der Waals surface area contributed by atoms with Gasteiger partial charge in [0, 0.05) is 17.6 Å². The number of nitrogens with one attached hydrogen (secondary N) is 1. The number of hydrogen-bond acceptors (Lipinski definition) is 3. The molecule has 0 aromatic heterocycles. The molecule has 112 valence electrons. The van der Waals surface area contributed by atoms with Crippen LogP contribution in [0, 0.1) is 5.82 Å². The fourth-order valence-corrected chi connectivity index (χ4v) is 1.67. The molecule has 0 unspecified atom stereocenters. The first-order valence-electron chi connectivity index (χ1n) is 6.55. The van der Waals surface area contributed by atoms with Gasteiger partial charge in [0.25, 0.3) is 0 Å². The number of anilines is 1. The van der Waals surface area contributed by atoms with Crippen molar-refractivity contribution in [1.29, 1.82) is 0 Å². The number of nitrogens with two attached hydrogens (primary N) is 1. The van der Waals surface area contributed by atoms with Crippen molar-refractivity contribution in [2.45, 2.75) is 45.6 Å². The molecule has 0 radical (unpaired) electrons. The van der Waals surface area contributed by atoms with Crippen LogP contribution in [-0.4, -0.2) is 18.2 Å². The SMILES string of the molecule is CC(C)(C)OC(=O)Nc1ccc(C(C)(C)CN)c(F)c1. The van der Waals surface area contributed by atoms with Gasteiger partial charge in [-0.05, 0) is 38.5 Å². The van der Waals surface area contributed by atoms with Crippen LogP contribution in [0.1, 0.15) is 40.2 Å². The summed E-state index contributed by atoms with van der Waals surface area (Å²) in [6.07, 6.45) is -0.609. The number of amides is 1. The van der Waals surface area contributed by atoms with Crippen LogP contribution in [0.5, 0.6) is 0 Å². The molecule has 0 bridgehead atoms. The van der Waals surface area contributed by atoms with Crippen LogP contribution in [0.2, 0.25) is 0 Å². The molecule has 1 aromatic rings. The van der Waals surface area contributed by atoms with Crippen LogP contribution in [0.4, 0.5) is 14.9 Å². The smallest absolute Gasteiger partial charge is 0.412 e. The molecule has 0 aliphatic rings. The number of benzene rings is 1. The Labute approximate surface area is 119 Å². The van der Waals surface area contributed by atoms with Crippen molar-refractivity contribution in [3.05, 3.63) is 29.6 Å². The quantitative estimate of drug-likeness (QED) is 0.893. The summed E-state index contributed by atoms with van der Waals surface area (Å²) in [4.78, 5) is 11.6. The fourth-order valence-electron chi connectivity index (χ4n) is 1.67. The van der Waals surface area contributed by atoms with E-state index in [0.29, 0.717) is 17.8 Å². The highest BCUT2D eigenvalue weighted by Gasteiger charge is 2.23. The van der Waals surface area contributed by atoms with Gasteiger partial charge in [-0.2, -0.15) is 0 Å². The Hall–Kier alpha value is -1.62. The van der Waals surface area contributed by atoms with E-state index in [1.54, 1.807) is 32.9 Å². The van der Waals surface area contributed by atoms with Gasteiger partial charge in [-0.15, -0.1) is 0 Å². The highest BCUT2D eigenvalue weighted by Crippen LogP contribution is 2.26. The first-order chi connectivity index (χ1) is 9.05. The summed E-state index contributed by atoms with van der Waals surface area (Å²) in [6, 6.07) is 4.55. The maximum Gasteiger partial charge on any atom is 0.412 e. The second kappa shape index (κ2) is 5.79. The number of hydrogen-bond donors (Lipinski definition) is 2. The van der Waals surface area contributed by atoms with E-state index in [2.05, 4.69) is 5.32 Å². The van der Waals surface area contributed by atoms with Crippen molar-refractivity contribution in [1.82, 2.24) is 0 Å². The Morgan fingerprint density at radius 1 is 1.30 bits per heavy atom. The van der Waals surface area contributed by atoms with Crippen molar-refractivity contribution in [2.24, 2.45) is 5.73 Å². The van der Waals surface area contributed by atoms with Crippen LogP contribution in [-0.2, 0) is 10.2 Å². The molecule has 1 rings (SSSR count). The lowest BCUT2D eigenvalue weighted by Gasteiger charge is -2.24. The van der Waals surface area contributed by atoms with Crippen LogP contribution in [0.25, 0.3) is 0 Å². The van der Waals surface area contributed by atoms with E-state index >= 15 is 0 Å². The molecule has 3 N–H and O–H groups in total. The average Bonchev–Trinajstić information content (AvgIpc) is 2.25. The van der Waals surface area contributed by atoms with E-state index in [9.17, 15) is 9.18 Å². The Morgan fingerprint density at radius 2 is 1.90 bits per heavy atom. The predicted molar refractivity (Wildman–Crippen MR) is 78.3 cm³/mol. The maximum atomic E-state index is 14.1. The van der Waals surface area contributed by atoms with Gasteiger partial charge in [0.2, 0.25) is 0 Å². The summed E-state index contributed by atoms with van der Waals surface area (Å²) in [5.74, 6) is -0.394. The molecule has 20 heavy (non-hydrogen) atoms. The van der Waals surface area contributed by atoms with Gasteiger partial charge in [-0.1, -0.05) is 19.9 Å². The first-order valence-corrected chi connectivity index (χ1v) is 6.55. The van der Waals surface area contributed by atoms with Gasteiger partial charge in [0.05, 0.1) is 0 Å². The van der Waals surface area contributed by atoms with Gasteiger partial charge >= 0.3 is 6.09 Å². The highest BCUT2D eigenvalue weighted by atomic mass is 19.1. The number of carbonyl (C=O) groups is 1. The molecular formula is C15H23FN2O2. The molecule has 0 heterocycles. The lowest BCUT2D eigenvalue weighted by Crippen LogP contribution is -2.29. The second-order valence-electron chi connectivity index (χ2n) is 6.41. The Bertz CT molecular complexity index is 493. The second-order valence-corrected chi connectivity index (χ2v) is 6.41. The standard InChI is InChI=1S/C15H23FN2O2/c1-14(2,3)20-13(19)18-10-6-7-11(12(16)8-10)15(4,5)9-17/h6-8H,9,17H2,1-5H3,(H,18,19). The Morgan fingerprint density at radius 3 is 2.35 bits per heavy atom. The number of ether oxygens (including phenoxy) is 1. The fraction of sp³-hybridized carbons (Fsp3) is 0.533. The zero-order chi connectivity index (χ0) is 15.6. The summed E-state index contributed by atoms with van der Waals surface area (Å²) < 4.78 is 19.2. The summed E-state index contributed by atoms with van der Waals surface area (Å²) in [6.45, 7) is 9.36. The van der Waals surface area contributed by atoms with Crippen LogP contribution < -0.4 is 11.1 Å². The van der Waals surface area contributed by atoms with Gasteiger partial charge in [0.15, 0.2) is 0 Å². The number of rotatable bonds is 3. The molecule has 0 aliphatic heterocycles. The van der Waals surface area contributed by atoms with E-state index in [0.717, 1.165) is 0 Å². The van der Waals surface area contributed by atoms with Crippen molar-refractivity contribution in [3.8, 4) is 0 Å². The van der Waals surface area contributed by atoms with Gasteiger partial charge < -0.3 is 10.5 Å². The van der Waals surface area contributed by atoms with Crippen LogP contribution >= 0.6 is 0 Å². The monoisotopic (exact) mass is 282 g/mol. The van der Waals surface area contributed by atoms with Gasteiger partial charge in [-0.3, -0.25) is 5.32 Å². The van der Waals surface area contributed by atoms with Crippen molar-refractivity contribution in [2.75, 3.05) is 11.9 Å². The van der Waals surface area contributed by atoms with E-state index in [-0.39, 0.29) is 0 Å². The minimum Gasteiger partial charge on any atom is -0.444 e. The minimum absolute atomic E-state index is 0.336. The van der Waals surface area contributed by atoms with E-state index in [1.807, 2.05) is 13.8 Å². The number of carbonyl (C=O) groups excluding carboxylic acids is 1. The third kappa shape index (κ3) is 4.49. The normalized spacial score (nSPS) is 12.2. The summed E-state index contributed by atoms with van der Waals surface area (Å²) in [7, 11) is 0. The molecule has 0 saturated heterocycles. The maximum absolute atomic E-state index is 14.1. The molecule has 0 spiro atoms. The topological polar surface area (TPSA) is 64.3 Å². The largest absolute Gasteiger partial charge is 0.444 e. The molecule has 1 aromatic carbocycles. The van der Waals surface area contributed by atoms with Gasteiger partial charge in [0.1, 0.15) is 11.4 Å². The molecule has 0 saturated carbocycles. The average molecular weight is 282 g/mol. The molecule has 1 amide bonds. The lowest BCUT2D eigenvalue weighted by molar-refractivity contribution is 0.0636. The summed E-state index contributed by atoms with van der Waals surface area (Å²) in [5.41, 5.74) is 5.47. The molecule has 0 atom stereocenters. The zero-order valence-electron chi connectivity index (χ0n) is 12.7. The first kappa shape index (κ1) is 16.4. The third-order valence-electron chi connectivity index (χ3n) is 2.85. The molecular weight excluding hydrogens is 259 g/mol. The third-order valence-corrected chi connectivity index (χ3v) is 2.85. The molecule has 0 fully saturated rings. The van der Waals surface area contributed by atoms with Crippen molar-refractivity contribution in [3.63, 3.8) is 0 Å². The van der Waals surface area contributed by atoms with E-state index in [1.165, 1.54) is 6.07 Å². The van der Waals surface area contributed by atoms with E-state index < -0.39 is 22.9 Å². The lowest BCUT2D eigenvalue weighted by atomic mass is 9.84. The Balaban J connectivity index is 2.86. The summed E-state index contributed by atoms with van der Waals surface area (Å²) in [5, 5.41) is 2.50. The Kier molecular flexibility index (Phi) is 4.76. The highest BCUT2D eigenvalue weighted by molar-refractivity contribution is 5.84. The van der Waals surface area contributed by atoms with E-state index in [4.69, 9.17) is 10.5 Å². The van der Waals surface area contributed by atoms with Crippen LogP contribution in [0.3, 0.4) is 0 Å². The van der Waals surface area contributed by atoms with Gasteiger partial charge in [-0.25, -0.2) is 9.18 Å². The predicted octanol–water partition coefficient (Wildman–Crippen LogP) is 3.41. The zero-order valence-corrected chi connectivity index (χ0v) is 12.7. The minimum atomic E-state index is -0.609. The van der Waals surface area contributed by atoms with Crippen LogP contribution in [0.15, 0.2) is 18.2 Å². The van der Waals surface area contributed by atoms with Crippen molar-refractivity contribution >= 4 is 11.8 Å². The molecule has 4 nitrogen and oxygen atoms in total. The molecule has 5 heteroatoms. The summed E-state index contributed by atoms with van der Waals surface area (Å²) >= 11 is 0. The molecule has 0 aliphatic carbocycles.